The number of hydrogen-bond acceptors (Lipinski definition) is 8. The number of hydrogen-bond donors (Lipinski definition) is 0. The fourth-order valence-corrected chi connectivity index (χ4v) is 11.8. The minimum atomic E-state index is -1.62. The van der Waals surface area contributed by atoms with Crippen molar-refractivity contribution in [1.82, 2.24) is 0 Å². The molecular formula is C75H147NO8. The minimum Gasteiger partial charge on any atom is -0.545 e. The summed E-state index contributed by atoms with van der Waals surface area (Å²) in [5, 5.41) is 11.8. The summed E-state index contributed by atoms with van der Waals surface area (Å²) in [6.45, 7) is 4.85. The monoisotopic (exact) mass is 1190 g/mol. The summed E-state index contributed by atoms with van der Waals surface area (Å²) in [5.74, 6) is -2.24. The average molecular weight is 1190 g/mol. The molecule has 0 amide bonds. The molecule has 0 saturated heterocycles. The fourth-order valence-electron chi connectivity index (χ4n) is 11.8. The van der Waals surface area contributed by atoms with E-state index in [1.807, 2.05) is 21.1 Å². The van der Waals surface area contributed by atoms with E-state index in [2.05, 4.69) is 13.8 Å². The molecule has 0 aliphatic heterocycles. The van der Waals surface area contributed by atoms with Crippen molar-refractivity contribution in [2.75, 3.05) is 47.5 Å². The van der Waals surface area contributed by atoms with E-state index in [0.29, 0.717) is 17.4 Å². The van der Waals surface area contributed by atoms with Gasteiger partial charge in [0, 0.05) is 12.8 Å². The molecule has 2 atom stereocenters. The number of carbonyl (C=O) groups is 3. The maximum atomic E-state index is 12.9. The zero-order valence-corrected chi connectivity index (χ0v) is 57.3. The highest BCUT2D eigenvalue weighted by atomic mass is 16.7. The number of carboxylic acid groups (broad SMARTS) is 1. The number of quaternary nitrogens is 1. The highest BCUT2D eigenvalue weighted by Crippen LogP contribution is 2.20. The van der Waals surface area contributed by atoms with Crippen molar-refractivity contribution in [2.45, 2.75) is 418 Å². The Balaban J connectivity index is 3.93. The predicted octanol–water partition coefficient (Wildman–Crippen LogP) is 22.1. The molecule has 0 spiro atoms. The molecule has 0 saturated carbocycles. The maximum absolute atomic E-state index is 12.9. The number of carbonyl (C=O) groups excluding carboxylic acids is 3. The van der Waals surface area contributed by atoms with E-state index in [9.17, 15) is 19.5 Å². The van der Waals surface area contributed by atoms with Gasteiger partial charge in [-0.1, -0.05) is 380 Å². The van der Waals surface area contributed by atoms with Gasteiger partial charge < -0.3 is 33.3 Å². The third kappa shape index (κ3) is 67.8. The lowest BCUT2D eigenvalue weighted by Crippen LogP contribution is -2.44. The predicted molar refractivity (Wildman–Crippen MR) is 357 cm³/mol. The molecule has 9 nitrogen and oxygen atoms in total. The summed E-state index contributed by atoms with van der Waals surface area (Å²) in [7, 11) is 5.95. The Morgan fingerprint density at radius 3 is 0.762 bits per heavy atom. The van der Waals surface area contributed by atoms with Crippen LogP contribution in [0.2, 0.25) is 0 Å². The quantitative estimate of drug-likeness (QED) is 0.0256. The molecule has 84 heavy (non-hydrogen) atoms. The molecule has 0 bridgehead atoms. The Bertz CT molecular complexity index is 1340. The molecule has 9 heteroatoms. The number of nitrogens with zero attached hydrogens (tertiary/aromatic N) is 1. The van der Waals surface area contributed by atoms with Crippen LogP contribution in [0.25, 0.3) is 0 Å². The van der Waals surface area contributed by atoms with Crippen molar-refractivity contribution >= 4 is 17.9 Å². The van der Waals surface area contributed by atoms with Crippen LogP contribution in [0.4, 0.5) is 0 Å². The lowest BCUT2D eigenvalue weighted by atomic mass is 10.0. The summed E-state index contributed by atoms with van der Waals surface area (Å²) in [6.07, 6.45) is 78.0. The molecule has 0 N–H and O–H groups in total. The number of esters is 2. The van der Waals surface area contributed by atoms with E-state index in [1.54, 1.807) is 0 Å². The number of aliphatic carboxylic acids is 1. The van der Waals surface area contributed by atoms with Gasteiger partial charge in [-0.25, -0.2) is 0 Å². The topological polar surface area (TPSA) is 111 Å². The highest BCUT2D eigenvalue weighted by molar-refractivity contribution is 5.70. The normalized spacial score (nSPS) is 12.5. The number of rotatable bonds is 72. The average Bonchev–Trinajstić information content (AvgIpc) is 3.51. The number of unbranched alkanes of at least 4 members (excludes halogenated alkanes) is 57. The second-order valence-electron chi connectivity index (χ2n) is 27.3. The zero-order valence-electron chi connectivity index (χ0n) is 57.3. The van der Waals surface area contributed by atoms with Crippen molar-refractivity contribution in [3.63, 3.8) is 0 Å². The summed E-state index contributed by atoms with van der Waals surface area (Å²) in [4.78, 5) is 37.5. The fraction of sp³-hybridized carbons (Fsp3) is 0.960. The largest absolute Gasteiger partial charge is 0.545 e. The molecule has 2 unspecified atom stereocenters. The summed E-state index contributed by atoms with van der Waals surface area (Å²) in [6, 6.07) is 0. The van der Waals surface area contributed by atoms with Gasteiger partial charge in [-0.2, -0.15) is 0 Å². The standard InChI is InChI=1S/C75H147NO8/c1-6-8-10-12-14-16-18-20-22-24-26-28-29-30-31-32-33-34-35-36-37-38-39-40-41-42-43-44-46-48-50-52-54-56-58-60-62-64-66-73(78)84-71(70-83-75(74(79)80)81-68-67-76(3,4)5)69-82-72(77)65-63-61-59-57-55-53-51-49-47-45-27-25-23-21-19-17-15-13-11-9-7-2/h71,75H,6-70H2,1-5H3. The van der Waals surface area contributed by atoms with Gasteiger partial charge in [0.05, 0.1) is 40.3 Å². The summed E-state index contributed by atoms with van der Waals surface area (Å²) in [5.41, 5.74) is 0. The van der Waals surface area contributed by atoms with E-state index in [4.69, 9.17) is 18.9 Å². The second kappa shape index (κ2) is 67.2. The van der Waals surface area contributed by atoms with Crippen LogP contribution in [-0.2, 0) is 33.3 Å². The third-order valence-corrected chi connectivity index (χ3v) is 17.6. The lowest BCUT2D eigenvalue weighted by Gasteiger charge is -2.26. The van der Waals surface area contributed by atoms with E-state index in [-0.39, 0.29) is 32.2 Å². The Morgan fingerprint density at radius 1 is 0.310 bits per heavy atom. The van der Waals surface area contributed by atoms with Crippen molar-refractivity contribution in [3.05, 3.63) is 0 Å². The first-order valence-electron chi connectivity index (χ1n) is 37.7. The third-order valence-electron chi connectivity index (χ3n) is 17.6. The van der Waals surface area contributed by atoms with E-state index in [1.165, 1.54) is 340 Å². The van der Waals surface area contributed by atoms with Crippen LogP contribution < -0.4 is 5.11 Å². The van der Waals surface area contributed by atoms with Gasteiger partial charge in [0.1, 0.15) is 13.2 Å². The van der Waals surface area contributed by atoms with Gasteiger partial charge in [0.2, 0.25) is 0 Å². The SMILES string of the molecule is CCCCCCCCCCCCCCCCCCCCCCCCCCCCCCCCCCCCCCCCC(=O)OC(COC(=O)CCCCCCCCCCCCCCCCCCCCCCC)COC(OCC[N+](C)(C)C)C(=O)[O-]. The molecule has 500 valence electrons. The van der Waals surface area contributed by atoms with Crippen molar-refractivity contribution in [2.24, 2.45) is 0 Å². The molecule has 0 aromatic rings. The van der Waals surface area contributed by atoms with Gasteiger partial charge in [-0.05, 0) is 12.8 Å². The van der Waals surface area contributed by atoms with Gasteiger partial charge in [-0.15, -0.1) is 0 Å². The van der Waals surface area contributed by atoms with Crippen molar-refractivity contribution in [3.8, 4) is 0 Å². The number of likely N-dealkylation sites (N-methyl/N-ethyl adjacent to an activating group) is 1. The molecule has 0 aliphatic rings. The van der Waals surface area contributed by atoms with E-state index >= 15 is 0 Å². The molecule has 0 heterocycles. The van der Waals surface area contributed by atoms with Crippen LogP contribution in [0.5, 0.6) is 0 Å². The molecule has 0 radical (unpaired) electrons. The van der Waals surface area contributed by atoms with Gasteiger partial charge >= 0.3 is 11.9 Å². The Labute approximate surface area is 523 Å². The van der Waals surface area contributed by atoms with Crippen LogP contribution in [0.1, 0.15) is 406 Å². The molecule has 0 fully saturated rings. The first-order chi connectivity index (χ1) is 41.1. The maximum Gasteiger partial charge on any atom is 0.306 e. The van der Waals surface area contributed by atoms with Gasteiger partial charge in [0.25, 0.3) is 0 Å². The Morgan fingerprint density at radius 2 is 0.536 bits per heavy atom. The molecule has 0 aromatic carbocycles. The van der Waals surface area contributed by atoms with Crippen LogP contribution >= 0.6 is 0 Å². The van der Waals surface area contributed by atoms with Crippen molar-refractivity contribution in [1.29, 1.82) is 0 Å². The Kier molecular flexibility index (Phi) is 65.9. The van der Waals surface area contributed by atoms with Crippen LogP contribution in [0, 0.1) is 0 Å². The molecular weight excluding hydrogens is 1040 g/mol. The smallest absolute Gasteiger partial charge is 0.306 e. The summed E-state index contributed by atoms with van der Waals surface area (Å²) >= 11 is 0. The van der Waals surface area contributed by atoms with E-state index < -0.39 is 24.3 Å². The van der Waals surface area contributed by atoms with Gasteiger partial charge in [-0.3, -0.25) is 9.59 Å². The number of carboxylic acids is 1. The minimum absolute atomic E-state index is 0.154. The molecule has 0 aliphatic carbocycles. The first kappa shape index (κ1) is 82.3. The van der Waals surface area contributed by atoms with Crippen LogP contribution in [0.3, 0.4) is 0 Å². The number of ether oxygens (including phenoxy) is 4. The molecule has 0 aromatic heterocycles. The van der Waals surface area contributed by atoms with Crippen LogP contribution in [-0.4, -0.2) is 82.3 Å². The molecule has 0 rings (SSSR count). The lowest BCUT2D eigenvalue weighted by molar-refractivity contribution is -0.870. The first-order valence-corrected chi connectivity index (χ1v) is 37.7. The second-order valence-corrected chi connectivity index (χ2v) is 27.3. The van der Waals surface area contributed by atoms with Crippen LogP contribution in [0.15, 0.2) is 0 Å². The van der Waals surface area contributed by atoms with Crippen molar-refractivity contribution < 1.29 is 42.9 Å². The highest BCUT2D eigenvalue weighted by Gasteiger charge is 2.22. The van der Waals surface area contributed by atoms with Gasteiger partial charge in [0.15, 0.2) is 12.4 Å². The zero-order chi connectivity index (χ0) is 61.2. The Hall–Kier alpha value is -1.71. The van der Waals surface area contributed by atoms with E-state index in [0.717, 1.165) is 38.5 Å². The summed E-state index contributed by atoms with van der Waals surface area (Å²) < 4.78 is 22.8.